The first-order valence-corrected chi connectivity index (χ1v) is 6.14. The Labute approximate surface area is 110 Å². The third-order valence-corrected chi connectivity index (χ3v) is 2.55. The van der Waals surface area contributed by atoms with Gasteiger partial charge in [-0.25, -0.2) is 0 Å². The van der Waals surface area contributed by atoms with E-state index in [2.05, 4.69) is 15.5 Å². The zero-order valence-electron chi connectivity index (χ0n) is 10.6. The summed E-state index contributed by atoms with van der Waals surface area (Å²) in [5, 5.41) is 10.9. The second-order valence-corrected chi connectivity index (χ2v) is 3.99. The molecule has 7 heteroatoms. The van der Waals surface area contributed by atoms with Gasteiger partial charge < -0.3 is 15.8 Å². The summed E-state index contributed by atoms with van der Waals surface area (Å²) in [6.07, 6.45) is 2.52. The number of carbonyl (C=O) groups is 1. The Morgan fingerprint density at radius 3 is 3.16 bits per heavy atom. The minimum absolute atomic E-state index is 0.0395. The van der Waals surface area contributed by atoms with E-state index < -0.39 is 0 Å². The molecule has 102 valence electrons. The highest BCUT2D eigenvalue weighted by molar-refractivity contribution is 5.77. The van der Waals surface area contributed by atoms with E-state index in [1.54, 1.807) is 0 Å². The Morgan fingerprint density at radius 1 is 1.42 bits per heavy atom. The predicted octanol–water partition coefficient (Wildman–Crippen LogP) is -0.637. The highest BCUT2D eigenvalue weighted by atomic mass is 16.5. The van der Waals surface area contributed by atoms with Gasteiger partial charge in [0.15, 0.2) is 5.65 Å². The van der Waals surface area contributed by atoms with Crippen molar-refractivity contribution >= 4 is 11.6 Å². The zero-order chi connectivity index (χ0) is 13.5. The van der Waals surface area contributed by atoms with Gasteiger partial charge in [0.2, 0.25) is 5.91 Å². The van der Waals surface area contributed by atoms with E-state index in [1.807, 2.05) is 28.8 Å². The van der Waals surface area contributed by atoms with Gasteiger partial charge >= 0.3 is 0 Å². The van der Waals surface area contributed by atoms with E-state index >= 15 is 0 Å². The molecule has 7 nitrogen and oxygen atoms in total. The van der Waals surface area contributed by atoms with Crippen molar-refractivity contribution in [2.45, 2.75) is 6.42 Å². The number of hydrogen-bond acceptors (Lipinski definition) is 5. The van der Waals surface area contributed by atoms with Crippen LogP contribution in [0.25, 0.3) is 5.65 Å². The number of fused-ring (bicyclic) bond motifs is 1. The molecular formula is C12H17N5O2. The van der Waals surface area contributed by atoms with Crippen molar-refractivity contribution in [3.05, 3.63) is 30.2 Å². The number of nitrogens with one attached hydrogen (secondary N) is 1. The van der Waals surface area contributed by atoms with Crippen LogP contribution in [-0.4, -0.2) is 46.8 Å². The first-order valence-electron chi connectivity index (χ1n) is 6.14. The van der Waals surface area contributed by atoms with Crippen LogP contribution in [0.4, 0.5) is 0 Å². The third-order valence-electron chi connectivity index (χ3n) is 2.55. The molecular weight excluding hydrogens is 246 g/mol. The smallest absolute Gasteiger partial charge is 0.246 e. The van der Waals surface area contributed by atoms with Gasteiger partial charge in [-0.3, -0.25) is 9.20 Å². The Balaban J connectivity index is 1.78. The molecule has 0 unspecified atom stereocenters. The van der Waals surface area contributed by atoms with E-state index in [9.17, 15) is 4.79 Å². The van der Waals surface area contributed by atoms with Crippen molar-refractivity contribution in [2.24, 2.45) is 5.73 Å². The molecule has 19 heavy (non-hydrogen) atoms. The van der Waals surface area contributed by atoms with E-state index in [0.29, 0.717) is 26.1 Å². The van der Waals surface area contributed by atoms with Crippen LogP contribution in [0.2, 0.25) is 0 Å². The summed E-state index contributed by atoms with van der Waals surface area (Å²) < 4.78 is 6.93. The van der Waals surface area contributed by atoms with E-state index in [4.69, 9.17) is 10.5 Å². The molecule has 0 fully saturated rings. The number of hydrogen-bond donors (Lipinski definition) is 2. The molecule has 3 N–H and O–H groups in total. The maximum Gasteiger partial charge on any atom is 0.246 e. The molecule has 2 aromatic rings. The van der Waals surface area contributed by atoms with Crippen molar-refractivity contribution in [2.75, 3.05) is 26.3 Å². The van der Waals surface area contributed by atoms with E-state index in [1.165, 1.54) is 0 Å². The van der Waals surface area contributed by atoms with Crippen molar-refractivity contribution in [3.63, 3.8) is 0 Å². The molecule has 0 atom stereocenters. The van der Waals surface area contributed by atoms with Crippen LogP contribution < -0.4 is 11.1 Å². The number of nitrogens with zero attached hydrogens (tertiary/aromatic N) is 3. The number of carbonyl (C=O) groups excluding carboxylic acids is 1. The molecule has 2 aromatic heterocycles. The van der Waals surface area contributed by atoms with Gasteiger partial charge in [0.05, 0.1) is 6.61 Å². The van der Waals surface area contributed by atoms with Crippen LogP contribution in [0.1, 0.15) is 5.82 Å². The standard InChI is InChI=1S/C12H17N5O2/c13-5-8-19-9-12(18)14-6-4-11-16-15-10-3-1-2-7-17(10)11/h1-3,7H,4-6,8-9,13H2,(H,14,18). The third kappa shape index (κ3) is 3.73. The molecule has 0 bridgehead atoms. The van der Waals surface area contributed by atoms with Gasteiger partial charge in [-0.2, -0.15) is 0 Å². The van der Waals surface area contributed by atoms with Crippen molar-refractivity contribution in [1.82, 2.24) is 19.9 Å². The van der Waals surface area contributed by atoms with E-state index in [-0.39, 0.29) is 12.5 Å². The number of nitrogens with two attached hydrogens (primary N) is 1. The SMILES string of the molecule is NCCOCC(=O)NCCc1nnc2ccccn12. The van der Waals surface area contributed by atoms with Crippen LogP contribution in [0.3, 0.4) is 0 Å². The number of rotatable bonds is 7. The number of amides is 1. The topological polar surface area (TPSA) is 94.5 Å². The molecule has 0 spiro atoms. The van der Waals surface area contributed by atoms with Crippen molar-refractivity contribution in [1.29, 1.82) is 0 Å². The maximum atomic E-state index is 11.4. The summed E-state index contributed by atoms with van der Waals surface area (Å²) in [6, 6.07) is 5.71. The first kappa shape index (κ1) is 13.4. The minimum atomic E-state index is -0.151. The normalized spacial score (nSPS) is 10.8. The van der Waals surface area contributed by atoms with Gasteiger partial charge in [-0.05, 0) is 12.1 Å². The van der Waals surface area contributed by atoms with Crippen LogP contribution >= 0.6 is 0 Å². The number of ether oxygens (including phenoxy) is 1. The first-order chi connectivity index (χ1) is 9.31. The highest BCUT2D eigenvalue weighted by Crippen LogP contribution is 2.02. The lowest BCUT2D eigenvalue weighted by atomic mass is 10.4. The molecule has 0 radical (unpaired) electrons. The molecule has 0 aliphatic heterocycles. The Bertz CT molecular complexity index is 540. The fourth-order valence-electron chi connectivity index (χ4n) is 1.67. The van der Waals surface area contributed by atoms with E-state index in [0.717, 1.165) is 11.5 Å². The second kappa shape index (κ2) is 6.81. The van der Waals surface area contributed by atoms with Crippen molar-refractivity contribution < 1.29 is 9.53 Å². The van der Waals surface area contributed by atoms with Gasteiger partial charge in [0.1, 0.15) is 12.4 Å². The summed E-state index contributed by atoms with van der Waals surface area (Å²) >= 11 is 0. The fourth-order valence-corrected chi connectivity index (χ4v) is 1.67. The van der Waals surface area contributed by atoms with Gasteiger partial charge in [0.25, 0.3) is 0 Å². The molecule has 0 saturated heterocycles. The molecule has 2 heterocycles. The molecule has 0 saturated carbocycles. The van der Waals surface area contributed by atoms with Crippen LogP contribution in [-0.2, 0) is 16.0 Å². The molecule has 0 aromatic carbocycles. The highest BCUT2D eigenvalue weighted by Gasteiger charge is 2.05. The molecule has 0 aliphatic carbocycles. The average molecular weight is 263 g/mol. The number of pyridine rings is 1. The lowest BCUT2D eigenvalue weighted by Gasteiger charge is -2.05. The van der Waals surface area contributed by atoms with Gasteiger partial charge in [0, 0.05) is 25.7 Å². The van der Waals surface area contributed by atoms with Crippen LogP contribution in [0.5, 0.6) is 0 Å². The maximum absolute atomic E-state index is 11.4. The van der Waals surface area contributed by atoms with Crippen molar-refractivity contribution in [3.8, 4) is 0 Å². The summed E-state index contributed by atoms with van der Waals surface area (Å²) in [7, 11) is 0. The van der Waals surface area contributed by atoms with Crippen LogP contribution in [0.15, 0.2) is 24.4 Å². The Kier molecular flexibility index (Phi) is 4.82. The Hall–Kier alpha value is -1.99. The summed E-state index contributed by atoms with van der Waals surface area (Å²) in [4.78, 5) is 11.4. The minimum Gasteiger partial charge on any atom is -0.370 e. The summed E-state index contributed by atoms with van der Waals surface area (Å²) in [6.45, 7) is 1.35. The summed E-state index contributed by atoms with van der Waals surface area (Å²) in [5.74, 6) is 0.668. The van der Waals surface area contributed by atoms with Gasteiger partial charge in [-0.15, -0.1) is 10.2 Å². The quantitative estimate of drug-likeness (QED) is 0.648. The monoisotopic (exact) mass is 263 g/mol. The largest absolute Gasteiger partial charge is 0.370 e. The Morgan fingerprint density at radius 2 is 2.32 bits per heavy atom. The summed E-state index contributed by atoms with van der Waals surface area (Å²) in [5.41, 5.74) is 6.06. The lowest BCUT2D eigenvalue weighted by Crippen LogP contribution is -2.30. The molecule has 1 amide bonds. The predicted molar refractivity (Wildman–Crippen MR) is 69.6 cm³/mol. The molecule has 2 rings (SSSR count). The average Bonchev–Trinajstić information content (AvgIpc) is 2.83. The molecule has 0 aliphatic rings. The lowest BCUT2D eigenvalue weighted by molar-refractivity contribution is -0.125. The zero-order valence-corrected chi connectivity index (χ0v) is 10.6. The fraction of sp³-hybridized carbons (Fsp3) is 0.417. The van der Waals surface area contributed by atoms with Crippen LogP contribution in [0, 0.1) is 0 Å². The second-order valence-electron chi connectivity index (χ2n) is 3.99. The number of aromatic nitrogens is 3. The van der Waals surface area contributed by atoms with Gasteiger partial charge in [-0.1, -0.05) is 6.07 Å².